The standard InChI is InChI=1S/C25H30ClN3O/c1-3-4-7-16-29(25(30)27-23-14-12-22(26)13-15-23)19-24-11-8-17-28(24)18-21-10-6-5-9-20(21)2/h5-6,8-15,17H,3-4,7,16,18-19H2,1-2H3,(H,27,30). The fourth-order valence-corrected chi connectivity index (χ4v) is 3.58. The topological polar surface area (TPSA) is 37.3 Å². The van der Waals surface area contributed by atoms with Gasteiger partial charge >= 0.3 is 6.03 Å². The van der Waals surface area contributed by atoms with Gasteiger partial charge in [0.15, 0.2) is 0 Å². The quantitative estimate of drug-likeness (QED) is 0.381. The molecule has 0 spiro atoms. The summed E-state index contributed by atoms with van der Waals surface area (Å²) in [6, 6.07) is 19.7. The average Bonchev–Trinajstić information content (AvgIpc) is 3.17. The van der Waals surface area contributed by atoms with Gasteiger partial charge in [0.25, 0.3) is 0 Å². The van der Waals surface area contributed by atoms with E-state index in [1.54, 1.807) is 12.1 Å². The second-order valence-electron chi connectivity index (χ2n) is 7.62. The van der Waals surface area contributed by atoms with E-state index in [1.807, 2.05) is 17.0 Å². The van der Waals surface area contributed by atoms with Crippen LogP contribution in [0.4, 0.5) is 10.5 Å². The lowest BCUT2D eigenvalue weighted by molar-refractivity contribution is 0.206. The SMILES string of the molecule is CCCCCN(Cc1cccn1Cc1ccccc1C)C(=O)Nc1ccc(Cl)cc1. The van der Waals surface area contributed by atoms with Crippen LogP contribution in [0, 0.1) is 6.92 Å². The molecule has 2 amide bonds. The van der Waals surface area contributed by atoms with Gasteiger partial charge in [-0.05, 0) is 60.9 Å². The lowest BCUT2D eigenvalue weighted by Gasteiger charge is -2.24. The number of nitrogens with zero attached hydrogens (tertiary/aromatic N) is 2. The van der Waals surface area contributed by atoms with Crippen molar-refractivity contribution in [2.45, 2.75) is 46.2 Å². The number of hydrogen-bond donors (Lipinski definition) is 1. The van der Waals surface area contributed by atoms with E-state index in [2.05, 4.69) is 66.3 Å². The van der Waals surface area contributed by atoms with Gasteiger partial charge in [-0.3, -0.25) is 0 Å². The fraction of sp³-hybridized carbons (Fsp3) is 0.320. The van der Waals surface area contributed by atoms with Crippen LogP contribution in [0.1, 0.15) is 43.0 Å². The van der Waals surface area contributed by atoms with Crippen LogP contribution in [-0.2, 0) is 13.1 Å². The molecule has 0 fully saturated rings. The van der Waals surface area contributed by atoms with Crippen LogP contribution in [0.25, 0.3) is 0 Å². The number of benzene rings is 2. The minimum Gasteiger partial charge on any atom is -0.345 e. The predicted octanol–water partition coefficient (Wildman–Crippen LogP) is 6.72. The summed E-state index contributed by atoms with van der Waals surface area (Å²) in [6.07, 6.45) is 5.30. The van der Waals surface area contributed by atoms with E-state index in [9.17, 15) is 4.79 Å². The second kappa shape index (κ2) is 10.9. The van der Waals surface area contributed by atoms with Crippen molar-refractivity contribution in [1.82, 2.24) is 9.47 Å². The Morgan fingerprint density at radius 1 is 1.03 bits per heavy atom. The van der Waals surface area contributed by atoms with Gasteiger partial charge in [0.05, 0.1) is 6.54 Å². The minimum atomic E-state index is -0.0860. The van der Waals surface area contributed by atoms with Crippen molar-refractivity contribution < 1.29 is 4.79 Å². The molecule has 3 aromatic rings. The monoisotopic (exact) mass is 423 g/mol. The maximum Gasteiger partial charge on any atom is 0.322 e. The van der Waals surface area contributed by atoms with Crippen molar-refractivity contribution >= 4 is 23.3 Å². The lowest BCUT2D eigenvalue weighted by atomic mass is 10.1. The molecule has 0 bridgehead atoms. The van der Waals surface area contributed by atoms with Crippen LogP contribution in [0.5, 0.6) is 0 Å². The lowest BCUT2D eigenvalue weighted by Crippen LogP contribution is -2.36. The Labute approximate surface area is 184 Å². The number of carbonyl (C=O) groups is 1. The Kier molecular flexibility index (Phi) is 7.97. The van der Waals surface area contributed by atoms with Gasteiger partial charge in [-0.1, -0.05) is 55.6 Å². The zero-order chi connectivity index (χ0) is 21.3. The summed E-state index contributed by atoms with van der Waals surface area (Å²) in [7, 11) is 0. The third-order valence-corrected chi connectivity index (χ3v) is 5.54. The predicted molar refractivity (Wildman–Crippen MR) is 125 cm³/mol. The first kappa shape index (κ1) is 22.0. The molecule has 0 saturated carbocycles. The van der Waals surface area contributed by atoms with Crippen molar-refractivity contribution in [3.8, 4) is 0 Å². The van der Waals surface area contributed by atoms with Gasteiger partial charge in [-0.15, -0.1) is 0 Å². The molecule has 0 atom stereocenters. The van der Waals surface area contributed by atoms with E-state index >= 15 is 0 Å². The van der Waals surface area contributed by atoms with E-state index in [0.717, 1.165) is 43.7 Å². The van der Waals surface area contributed by atoms with Crippen LogP contribution in [0.15, 0.2) is 66.9 Å². The molecule has 0 aliphatic carbocycles. The molecule has 0 aliphatic heterocycles. The zero-order valence-corrected chi connectivity index (χ0v) is 18.5. The van der Waals surface area contributed by atoms with Crippen molar-refractivity contribution in [2.24, 2.45) is 0 Å². The Balaban J connectivity index is 1.73. The second-order valence-corrected chi connectivity index (χ2v) is 8.06. The van der Waals surface area contributed by atoms with Crippen molar-refractivity contribution in [3.63, 3.8) is 0 Å². The number of urea groups is 1. The summed E-state index contributed by atoms with van der Waals surface area (Å²) in [5, 5.41) is 3.66. The Hall–Kier alpha value is -2.72. The Morgan fingerprint density at radius 3 is 2.53 bits per heavy atom. The summed E-state index contributed by atoms with van der Waals surface area (Å²) in [4.78, 5) is 14.9. The maximum atomic E-state index is 13.0. The summed E-state index contributed by atoms with van der Waals surface area (Å²) < 4.78 is 2.23. The molecule has 3 rings (SSSR count). The molecule has 2 aromatic carbocycles. The summed E-state index contributed by atoms with van der Waals surface area (Å²) >= 11 is 5.96. The molecule has 1 N–H and O–H groups in total. The highest BCUT2D eigenvalue weighted by Gasteiger charge is 2.16. The van der Waals surface area contributed by atoms with Crippen LogP contribution in [0.2, 0.25) is 5.02 Å². The molecule has 0 aliphatic rings. The summed E-state index contributed by atoms with van der Waals surface area (Å²) in [5.41, 5.74) is 4.44. The van der Waals surface area contributed by atoms with Gasteiger partial charge in [0.2, 0.25) is 0 Å². The minimum absolute atomic E-state index is 0.0860. The number of anilines is 1. The molecule has 4 nitrogen and oxygen atoms in total. The number of carbonyl (C=O) groups excluding carboxylic acids is 1. The van der Waals surface area contributed by atoms with E-state index in [4.69, 9.17) is 11.6 Å². The van der Waals surface area contributed by atoms with Gasteiger partial charge in [0.1, 0.15) is 0 Å². The number of unbranched alkanes of at least 4 members (excludes halogenated alkanes) is 2. The molecule has 158 valence electrons. The smallest absolute Gasteiger partial charge is 0.322 e. The third-order valence-electron chi connectivity index (χ3n) is 5.29. The molecule has 0 saturated heterocycles. The maximum absolute atomic E-state index is 13.0. The number of halogens is 1. The number of rotatable bonds is 9. The molecule has 1 aromatic heterocycles. The van der Waals surface area contributed by atoms with Crippen molar-refractivity contribution in [1.29, 1.82) is 0 Å². The molecule has 0 unspecified atom stereocenters. The van der Waals surface area contributed by atoms with E-state index < -0.39 is 0 Å². The molecule has 0 radical (unpaired) electrons. The highest BCUT2D eigenvalue weighted by atomic mass is 35.5. The van der Waals surface area contributed by atoms with Crippen molar-refractivity contribution in [3.05, 3.63) is 88.7 Å². The fourth-order valence-electron chi connectivity index (χ4n) is 3.45. The zero-order valence-electron chi connectivity index (χ0n) is 17.8. The summed E-state index contributed by atoms with van der Waals surface area (Å²) in [6.45, 7) is 6.40. The number of amides is 2. The number of aryl methyl sites for hydroxylation is 1. The highest BCUT2D eigenvalue weighted by molar-refractivity contribution is 6.30. The van der Waals surface area contributed by atoms with Crippen LogP contribution < -0.4 is 5.32 Å². The van der Waals surface area contributed by atoms with Gasteiger partial charge in [-0.25, -0.2) is 4.79 Å². The Bertz CT molecular complexity index is 949. The Morgan fingerprint density at radius 2 is 1.80 bits per heavy atom. The first-order chi connectivity index (χ1) is 14.6. The molecule has 5 heteroatoms. The molecule has 30 heavy (non-hydrogen) atoms. The van der Waals surface area contributed by atoms with Crippen LogP contribution in [-0.4, -0.2) is 22.0 Å². The van der Waals surface area contributed by atoms with Gasteiger partial charge in [-0.2, -0.15) is 0 Å². The average molecular weight is 424 g/mol. The van der Waals surface area contributed by atoms with Crippen LogP contribution in [0.3, 0.4) is 0 Å². The normalized spacial score (nSPS) is 10.8. The van der Waals surface area contributed by atoms with E-state index in [-0.39, 0.29) is 6.03 Å². The third kappa shape index (κ3) is 6.14. The van der Waals surface area contributed by atoms with E-state index in [0.29, 0.717) is 11.6 Å². The van der Waals surface area contributed by atoms with Crippen LogP contribution >= 0.6 is 11.6 Å². The number of hydrogen-bond acceptors (Lipinski definition) is 1. The molecule has 1 heterocycles. The highest BCUT2D eigenvalue weighted by Crippen LogP contribution is 2.17. The van der Waals surface area contributed by atoms with Crippen molar-refractivity contribution in [2.75, 3.05) is 11.9 Å². The van der Waals surface area contributed by atoms with Gasteiger partial charge < -0.3 is 14.8 Å². The first-order valence-corrected chi connectivity index (χ1v) is 10.9. The summed E-state index contributed by atoms with van der Waals surface area (Å²) in [5.74, 6) is 0. The largest absolute Gasteiger partial charge is 0.345 e. The number of aromatic nitrogens is 1. The van der Waals surface area contributed by atoms with Gasteiger partial charge in [0, 0.05) is 35.7 Å². The molecular weight excluding hydrogens is 394 g/mol. The number of nitrogens with one attached hydrogen (secondary N) is 1. The molecular formula is C25H30ClN3O. The first-order valence-electron chi connectivity index (χ1n) is 10.6. The van der Waals surface area contributed by atoms with E-state index in [1.165, 1.54) is 11.1 Å².